The number of nitrogens with zero attached hydrogens (tertiary/aromatic N) is 1. The van der Waals surface area contributed by atoms with Crippen LogP contribution in [0.3, 0.4) is 0 Å². The zero-order chi connectivity index (χ0) is 11.4. The molecule has 1 N–H and O–H groups in total. The van der Waals surface area contributed by atoms with Gasteiger partial charge in [-0.05, 0) is 0 Å². The van der Waals surface area contributed by atoms with Crippen molar-refractivity contribution in [3.8, 4) is 0 Å². The van der Waals surface area contributed by atoms with Crippen LogP contribution in [0.5, 0.6) is 0 Å². The molecule has 0 aromatic rings. The van der Waals surface area contributed by atoms with E-state index in [1.54, 1.807) is 6.08 Å². The van der Waals surface area contributed by atoms with E-state index in [0.29, 0.717) is 19.8 Å². The van der Waals surface area contributed by atoms with Crippen molar-refractivity contribution in [1.29, 1.82) is 0 Å². The number of piperidine rings is 1. The van der Waals surface area contributed by atoms with Gasteiger partial charge in [0.1, 0.15) is 0 Å². The van der Waals surface area contributed by atoms with Crippen LogP contribution >= 0.6 is 0 Å². The molecule has 0 aromatic heterocycles. The lowest BCUT2D eigenvalue weighted by atomic mass is 10.0. The van der Waals surface area contributed by atoms with Crippen LogP contribution in [0.15, 0.2) is 12.2 Å². The quantitative estimate of drug-likeness (QED) is 0.710. The Morgan fingerprint density at radius 2 is 1.94 bits per heavy atom. The minimum Gasteiger partial charge on any atom is -0.478 e. The number of ether oxygens (including phenoxy) is 2. The molecule has 2 fully saturated rings. The maximum absolute atomic E-state index is 10.3. The Hall–Kier alpha value is -0.910. The van der Waals surface area contributed by atoms with Crippen molar-refractivity contribution >= 4 is 5.97 Å². The van der Waals surface area contributed by atoms with Gasteiger partial charge in [-0.25, -0.2) is 4.79 Å². The highest BCUT2D eigenvalue weighted by atomic mass is 16.7. The molecule has 0 unspecified atom stereocenters. The summed E-state index contributed by atoms with van der Waals surface area (Å²) < 4.78 is 11.2. The van der Waals surface area contributed by atoms with Crippen LogP contribution in [0.2, 0.25) is 0 Å². The maximum atomic E-state index is 10.3. The minimum atomic E-state index is -0.893. The normalized spacial score (nSPS) is 25.5. The molecule has 2 saturated heterocycles. The van der Waals surface area contributed by atoms with Crippen LogP contribution in [0.4, 0.5) is 0 Å². The van der Waals surface area contributed by atoms with E-state index in [4.69, 9.17) is 14.6 Å². The molecule has 0 amide bonds. The standard InChI is InChI=1S/C11H17NO4/c13-10(14)2-1-5-12-6-3-11(4-7-12)15-8-9-16-11/h1-2H,3-9H2,(H,13,14). The number of hydrogen-bond acceptors (Lipinski definition) is 4. The minimum absolute atomic E-state index is 0.340. The molecule has 90 valence electrons. The molecule has 0 radical (unpaired) electrons. The van der Waals surface area contributed by atoms with Gasteiger partial charge >= 0.3 is 5.97 Å². The third kappa shape index (κ3) is 2.81. The number of carboxylic acids is 1. The summed E-state index contributed by atoms with van der Waals surface area (Å²) in [6.07, 6.45) is 4.60. The van der Waals surface area contributed by atoms with Crippen molar-refractivity contribution in [3.63, 3.8) is 0 Å². The molecule has 16 heavy (non-hydrogen) atoms. The van der Waals surface area contributed by atoms with Crippen molar-refractivity contribution in [3.05, 3.63) is 12.2 Å². The molecule has 0 atom stereocenters. The molecule has 2 rings (SSSR count). The lowest BCUT2D eigenvalue weighted by Crippen LogP contribution is -2.45. The highest BCUT2D eigenvalue weighted by molar-refractivity contribution is 5.79. The van der Waals surface area contributed by atoms with E-state index in [2.05, 4.69) is 4.90 Å². The fraction of sp³-hybridized carbons (Fsp3) is 0.727. The Labute approximate surface area is 94.6 Å². The van der Waals surface area contributed by atoms with Gasteiger partial charge < -0.3 is 14.6 Å². The van der Waals surface area contributed by atoms with Crippen LogP contribution in [0, 0.1) is 0 Å². The summed E-state index contributed by atoms with van der Waals surface area (Å²) in [5.41, 5.74) is 0. The van der Waals surface area contributed by atoms with E-state index in [1.165, 1.54) is 6.08 Å². The van der Waals surface area contributed by atoms with E-state index in [-0.39, 0.29) is 5.79 Å². The molecule has 1 spiro atoms. The summed E-state index contributed by atoms with van der Waals surface area (Å²) in [6, 6.07) is 0. The topological polar surface area (TPSA) is 59.0 Å². The second-order valence-corrected chi connectivity index (χ2v) is 4.15. The first kappa shape index (κ1) is 11.6. The number of carbonyl (C=O) groups is 1. The van der Waals surface area contributed by atoms with Crippen LogP contribution in [-0.2, 0) is 14.3 Å². The molecule has 2 aliphatic rings. The van der Waals surface area contributed by atoms with Crippen LogP contribution in [0.1, 0.15) is 12.8 Å². The first-order chi connectivity index (χ1) is 7.70. The Balaban J connectivity index is 1.74. The summed E-state index contributed by atoms with van der Waals surface area (Å²) >= 11 is 0. The first-order valence-corrected chi connectivity index (χ1v) is 5.60. The SMILES string of the molecule is O=C(O)C=CCN1CCC2(CC1)OCCO2. The van der Waals surface area contributed by atoms with Gasteiger partial charge in [0.05, 0.1) is 13.2 Å². The molecule has 0 aromatic carbocycles. The lowest BCUT2D eigenvalue weighted by Gasteiger charge is -2.37. The summed E-state index contributed by atoms with van der Waals surface area (Å²) in [5, 5.41) is 8.47. The van der Waals surface area contributed by atoms with Crippen LogP contribution in [0.25, 0.3) is 0 Å². The second-order valence-electron chi connectivity index (χ2n) is 4.15. The average Bonchev–Trinajstić information content (AvgIpc) is 2.70. The number of carboxylic acid groups (broad SMARTS) is 1. The molecule has 2 heterocycles. The Morgan fingerprint density at radius 1 is 1.31 bits per heavy atom. The van der Waals surface area contributed by atoms with Gasteiger partial charge in [-0.2, -0.15) is 0 Å². The number of rotatable bonds is 3. The fourth-order valence-corrected chi connectivity index (χ4v) is 2.16. The van der Waals surface area contributed by atoms with Gasteiger partial charge in [0.2, 0.25) is 0 Å². The van der Waals surface area contributed by atoms with Gasteiger partial charge in [0.25, 0.3) is 0 Å². The van der Waals surface area contributed by atoms with Crippen LogP contribution < -0.4 is 0 Å². The fourth-order valence-electron chi connectivity index (χ4n) is 2.16. The zero-order valence-electron chi connectivity index (χ0n) is 9.22. The summed E-state index contributed by atoms with van der Waals surface area (Å²) in [5.74, 6) is -1.23. The largest absolute Gasteiger partial charge is 0.478 e. The summed E-state index contributed by atoms with van der Waals surface area (Å²) in [6.45, 7) is 3.86. The number of likely N-dealkylation sites (tertiary alicyclic amines) is 1. The molecule has 2 aliphatic heterocycles. The predicted octanol–water partition coefficient (Wildman–Crippen LogP) is 0.466. The van der Waals surface area contributed by atoms with Crippen molar-refractivity contribution in [1.82, 2.24) is 4.90 Å². The third-order valence-electron chi connectivity index (χ3n) is 3.06. The van der Waals surface area contributed by atoms with Crippen LogP contribution in [-0.4, -0.2) is 54.6 Å². The number of hydrogen-bond donors (Lipinski definition) is 1. The maximum Gasteiger partial charge on any atom is 0.328 e. The van der Waals surface area contributed by atoms with Gasteiger partial charge in [0, 0.05) is 38.6 Å². The average molecular weight is 227 g/mol. The van der Waals surface area contributed by atoms with E-state index in [1.807, 2.05) is 0 Å². The Kier molecular flexibility index (Phi) is 3.58. The van der Waals surface area contributed by atoms with E-state index >= 15 is 0 Å². The molecule has 5 nitrogen and oxygen atoms in total. The molecule has 0 bridgehead atoms. The van der Waals surface area contributed by atoms with Gasteiger partial charge in [-0.1, -0.05) is 6.08 Å². The Morgan fingerprint density at radius 3 is 2.50 bits per heavy atom. The molecular weight excluding hydrogens is 210 g/mol. The molecular formula is C11H17NO4. The molecule has 0 aliphatic carbocycles. The van der Waals surface area contributed by atoms with Crippen molar-refractivity contribution in [2.45, 2.75) is 18.6 Å². The highest BCUT2D eigenvalue weighted by Crippen LogP contribution is 2.30. The lowest BCUT2D eigenvalue weighted by molar-refractivity contribution is -0.184. The predicted molar refractivity (Wildman–Crippen MR) is 57.1 cm³/mol. The summed E-state index contributed by atoms with van der Waals surface area (Å²) in [4.78, 5) is 12.5. The van der Waals surface area contributed by atoms with Gasteiger partial charge in [-0.15, -0.1) is 0 Å². The molecule has 0 saturated carbocycles. The monoisotopic (exact) mass is 227 g/mol. The number of aliphatic carboxylic acids is 1. The molecule has 5 heteroatoms. The summed E-state index contributed by atoms with van der Waals surface area (Å²) in [7, 11) is 0. The van der Waals surface area contributed by atoms with Crippen molar-refractivity contribution in [2.75, 3.05) is 32.8 Å². The third-order valence-corrected chi connectivity index (χ3v) is 3.06. The Bertz CT molecular complexity index is 274. The van der Waals surface area contributed by atoms with Crippen molar-refractivity contribution in [2.24, 2.45) is 0 Å². The first-order valence-electron chi connectivity index (χ1n) is 5.60. The smallest absolute Gasteiger partial charge is 0.328 e. The zero-order valence-corrected chi connectivity index (χ0v) is 9.22. The van der Waals surface area contributed by atoms with Crippen molar-refractivity contribution < 1.29 is 19.4 Å². The van der Waals surface area contributed by atoms with Gasteiger partial charge in [-0.3, -0.25) is 4.90 Å². The van der Waals surface area contributed by atoms with Gasteiger partial charge in [0.15, 0.2) is 5.79 Å². The second kappa shape index (κ2) is 4.95. The van der Waals surface area contributed by atoms with E-state index < -0.39 is 5.97 Å². The van der Waals surface area contributed by atoms with E-state index in [0.717, 1.165) is 25.9 Å². The van der Waals surface area contributed by atoms with E-state index in [9.17, 15) is 4.79 Å². The highest BCUT2D eigenvalue weighted by Gasteiger charge is 2.39.